The first-order chi connectivity index (χ1) is 12.1. The maximum Gasteiger partial charge on any atom is 0.237 e. The third kappa shape index (κ3) is 6.61. The van der Waals surface area contributed by atoms with Crippen LogP contribution in [-0.2, 0) is 11.2 Å². The van der Waals surface area contributed by atoms with Crippen molar-refractivity contribution < 1.29 is 4.79 Å². The number of nitrogens with one attached hydrogen (secondary N) is 2. The van der Waals surface area contributed by atoms with E-state index in [1.807, 2.05) is 13.0 Å². The van der Waals surface area contributed by atoms with Crippen LogP contribution in [0.4, 0.5) is 5.82 Å². The maximum absolute atomic E-state index is 12.4. The molecule has 1 aromatic heterocycles. The van der Waals surface area contributed by atoms with E-state index < -0.39 is 0 Å². The summed E-state index contributed by atoms with van der Waals surface area (Å²) >= 11 is 0. The molecule has 0 bridgehead atoms. The second-order valence-electron chi connectivity index (χ2n) is 6.98. The molecule has 6 nitrogen and oxygen atoms in total. The first-order valence-corrected chi connectivity index (χ1v) is 9.66. The molecule has 1 amide bonds. The molecule has 0 aromatic carbocycles. The number of unbranched alkanes of at least 4 members (excludes halogenated alkanes) is 1. The van der Waals surface area contributed by atoms with Crippen molar-refractivity contribution in [1.82, 2.24) is 20.2 Å². The SMILES string of the molecule is CCCCc1nc(C)cc(NCCNC(=O)C2CCCCCN2C)n1. The molecule has 1 aliphatic heterocycles. The summed E-state index contributed by atoms with van der Waals surface area (Å²) in [6.45, 7) is 6.45. The summed E-state index contributed by atoms with van der Waals surface area (Å²) < 4.78 is 0. The molecule has 1 atom stereocenters. The highest BCUT2D eigenvalue weighted by atomic mass is 16.2. The lowest BCUT2D eigenvalue weighted by Gasteiger charge is -2.24. The molecule has 2 N–H and O–H groups in total. The first kappa shape index (κ1) is 19.6. The molecule has 25 heavy (non-hydrogen) atoms. The molecule has 0 saturated carbocycles. The average molecular weight is 348 g/mol. The van der Waals surface area contributed by atoms with Gasteiger partial charge in [0.25, 0.3) is 0 Å². The number of carbonyl (C=O) groups is 1. The molecule has 6 heteroatoms. The third-order valence-corrected chi connectivity index (χ3v) is 4.71. The largest absolute Gasteiger partial charge is 0.368 e. The Balaban J connectivity index is 1.76. The van der Waals surface area contributed by atoms with Crippen LogP contribution in [0, 0.1) is 6.92 Å². The van der Waals surface area contributed by atoms with Gasteiger partial charge in [-0.1, -0.05) is 26.2 Å². The molecular formula is C19H33N5O. The van der Waals surface area contributed by atoms with Gasteiger partial charge in [-0.2, -0.15) is 0 Å². The molecule has 2 heterocycles. The van der Waals surface area contributed by atoms with Crippen molar-refractivity contribution in [3.63, 3.8) is 0 Å². The van der Waals surface area contributed by atoms with Gasteiger partial charge >= 0.3 is 0 Å². The molecule has 1 fully saturated rings. The predicted octanol–water partition coefficient (Wildman–Crippen LogP) is 2.53. The molecular weight excluding hydrogens is 314 g/mol. The quantitative estimate of drug-likeness (QED) is 0.707. The summed E-state index contributed by atoms with van der Waals surface area (Å²) in [6, 6.07) is 1.97. The van der Waals surface area contributed by atoms with Crippen LogP contribution in [0.2, 0.25) is 0 Å². The Morgan fingerprint density at radius 1 is 1.28 bits per heavy atom. The van der Waals surface area contributed by atoms with Crippen LogP contribution in [0.1, 0.15) is 57.0 Å². The highest BCUT2D eigenvalue weighted by molar-refractivity contribution is 5.81. The number of amides is 1. The number of hydrogen-bond acceptors (Lipinski definition) is 5. The number of hydrogen-bond donors (Lipinski definition) is 2. The summed E-state index contributed by atoms with van der Waals surface area (Å²) in [5, 5.41) is 6.36. The Labute approximate surface area is 151 Å². The van der Waals surface area contributed by atoms with E-state index in [0.717, 1.165) is 56.0 Å². The Kier molecular flexibility index (Phi) is 8.12. The minimum absolute atomic E-state index is 0.0180. The molecule has 1 aliphatic rings. The van der Waals surface area contributed by atoms with Gasteiger partial charge in [-0.05, 0) is 39.8 Å². The van der Waals surface area contributed by atoms with E-state index in [1.54, 1.807) is 0 Å². The van der Waals surface area contributed by atoms with Crippen LogP contribution < -0.4 is 10.6 Å². The van der Waals surface area contributed by atoms with Crippen LogP contribution in [0.25, 0.3) is 0 Å². The van der Waals surface area contributed by atoms with Gasteiger partial charge in [-0.25, -0.2) is 9.97 Å². The van der Waals surface area contributed by atoms with Gasteiger partial charge in [0.05, 0.1) is 6.04 Å². The summed E-state index contributed by atoms with van der Waals surface area (Å²) in [5.41, 5.74) is 0.979. The highest BCUT2D eigenvalue weighted by Gasteiger charge is 2.24. The normalized spacial score (nSPS) is 18.6. The van der Waals surface area contributed by atoms with E-state index in [2.05, 4.69) is 39.5 Å². The molecule has 1 aromatic rings. The van der Waals surface area contributed by atoms with E-state index in [-0.39, 0.29) is 11.9 Å². The number of rotatable bonds is 8. The summed E-state index contributed by atoms with van der Waals surface area (Å²) in [7, 11) is 2.05. The molecule has 0 radical (unpaired) electrons. The van der Waals surface area contributed by atoms with E-state index in [1.165, 1.54) is 12.8 Å². The lowest BCUT2D eigenvalue weighted by molar-refractivity contribution is -0.125. The number of carbonyl (C=O) groups excluding carboxylic acids is 1. The van der Waals surface area contributed by atoms with Gasteiger partial charge in [0, 0.05) is 31.3 Å². The van der Waals surface area contributed by atoms with E-state index in [4.69, 9.17) is 0 Å². The van der Waals surface area contributed by atoms with Gasteiger partial charge in [0.15, 0.2) is 0 Å². The molecule has 2 rings (SSSR count). The Bertz CT molecular complexity index is 549. The third-order valence-electron chi connectivity index (χ3n) is 4.71. The summed E-state index contributed by atoms with van der Waals surface area (Å²) in [6.07, 6.45) is 7.68. The number of nitrogens with zero attached hydrogens (tertiary/aromatic N) is 3. The maximum atomic E-state index is 12.4. The van der Waals surface area contributed by atoms with Crippen molar-refractivity contribution in [1.29, 1.82) is 0 Å². The highest BCUT2D eigenvalue weighted by Crippen LogP contribution is 2.15. The fourth-order valence-electron chi connectivity index (χ4n) is 3.24. The Morgan fingerprint density at radius 2 is 2.12 bits per heavy atom. The smallest absolute Gasteiger partial charge is 0.237 e. The zero-order chi connectivity index (χ0) is 18.1. The van der Waals surface area contributed by atoms with Crippen molar-refractivity contribution in [2.75, 3.05) is 32.0 Å². The predicted molar refractivity (Wildman–Crippen MR) is 102 cm³/mol. The van der Waals surface area contributed by atoms with Gasteiger partial charge in [-0.3, -0.25) is 9.69 Å². The van der Waals surface area contributed by atoms with Crippen LogP contribution in [-0.4, -0.2) is 53.5 Å². The Morgan fingerprint density at radius 3 is 2.92 bits per heavy atom. The Hall–Kier alpha value is -1.69. The molecule has 1 unspecified atom stereocenters. The van der Waals surface area contributed by atoms with E-state index in [0.29, 0.717) is 13.1 Å². The van der Waals surface area contributed by atoms with Gasteiger partial charge in [0.2, 0.25) is 5.91 Å². The molecule has 0 spiro atoms. The number of likely N-dealkylation sites (N-methyl/N-ethyl adjacent to an activating group) is 1. The zero-order valence-electron chi connectivity index (χ0n) is 16.0. The summed E-state index contributed by atoms with van der Waals surface area (Å²) in [5.74, 6) is 1.89. The van der Waals surface area contributed by atoms with Crippen molar-refractivity contribution in [3.05, 3.63) is 17.6 Å². The molecule has 1 saturated heterocycles. The number of likely N-dealkylation sites (tertiary alicyclic amines) is 1. The van der Waals surface area contributed by atoms with Crippen molar-refractivity contribution >= 4 is 11.7 Å². The second-order valence-corrected chi connectivity index (χ2v) is 6.98. The number of anilines is 1. The lowest BCUT2D eigenvalue weighted by Crippen LogP contribution is -2.45. The first-order valence-electron chi connectivity index (χ1n) is 9.66. The zero-order valence-corrected chi connectivity index (χ0v) is 16.0. The average Bonchev–Trinajstić information content (AvgIpc) is 2.81. The van der Waals surface area contributed by atoms with Gasteiger partial charge < -0.3 is 10.6 Å². The second kappa shape index (κ2) is 10.3. The van der Waals surface area contributed by atoms with Crippen molar-refractivity contribution in [2.45, 2.75) is 64.8 Å². The van der Waals surface area contributed by atoms with E-state index >= 15 is 0 Å². The van der Waals surface area contributed by atoms with Crippen LogP contribution in [0.5, 0.6) is 0 Å². The minimum Gasteiger partial charge on any atom is -0.368 e. The number of aromatic nitrogens is 2. The fourth-order valence-corrected chi connectivity index (χ4v) is 3.24. The number of aryl methyl sites for hydroxylation is 2. The molecule has 0 aliphatic carbocycles. The standard InChI is InChI=1S/C19H33N5O/c1-4-5-10-17-22-15(2)14-18(23-17)20-11-12-21-19(25)16-9-7-6-8-13-24(16)3/h14,16H,4-13H2,1-3H3,(H,21,25)(H,20,22,23). The van der Waals surface area contributed by atoms with Crippen LogP contribution in [0.15, 0.2) is 6.07 Å². The fraction of sp³-hybridized carbons (Fsp3) is 0.737. The molecule has 140 valence electrons. The lowest BCUT2D eigenvalue weighted by atomic mass is 10.1. The van der Waals surface area contributed by atoms with E-state index in [9.17, 15) is 4.79 Å². The van der Waals surface area contributed by atoms with Crippen molar-refractivity contribution in [3.8, 4) is 0 Å². The topological polar surface area (TPSA) is 70.2 Å². The summed E-state index contributed by atoms with van der Waals surface area (Å²) in [4.78, 5) is 23.6. The minimum atomic E-state index is 0.0180. The van der Waals surface area contributed by atoms with Crippen molar-refractivity contribution in [2.24, 2.45) is 0 Å². The van der Waals surface area contributed by atoms with Crippen LogP contribution in [0.3, 0.4) is 0 Å². The van der Waals surface area contributed by atoms with Gasteiger partial charge in [0.1, 0.15) is 11.6 Å². The van der Waals surface area contributed by atoms with Gasteiger partial charge in [-0.15, -0.1) is 0 Å². The monoisotopic (exact) mass is 347 g/mol. The van der Waals surface area contributed by atoms with Crippen LogP contribution >= 0.6 is 0 Å².